The summed E-state index contributed by atoms with van der Waals surface area (Å²) in [6.07, 6.45) is 0.696. The molecule has 1 N–H and O–H groups in total. The SMILES string of the molecule is COC(=O)C1CC(NCc2ccccc2)CN(C(=O)C(C)C)C1. The molecule has 0 bridgehead atoms. The molecule has 2 rings (SSSR count). The third kappa shape index (κ3) is 4.79. The maximum atomic E-state index is 12.3. The zero-order chi connectivity index (χ0) is 16.8. The summed E-state index contributed by atoms with van der Waals surface area (Å²) in [7, 11) is 1.40. The van der Waals surface area contributed by atoms with Crippen LogP contribution in [-0.2, 0) is 20.9 Å². The van der Waals surface area contributed by atoms with E-state index in [0.717, 1.165) is 6.54 Å². The third-order valence-electron chi connectivity index (χ3n) is 4.23. The van der Waals surface area contributed by atoms with Gasteiger partial charge in [0, 0.05) is 31.6 Å². The summed E-state index contributed by atoms with van der Waals surface area (Å²) in [5.74, 6) is -0.478. The van der Waals surface area contributed by atoms with E-state index in [1.54, 1.807) is 4.90 Å². The van der Waals surface area contributed by atoms with Gasteiger partial charge in [0.25, 0.3) is 0 Å². The summed E-state index contributed by atoms with van der Waals surface area (Å²) in [4.78, 5) is 26.0. The second-order valence-electron chi connectivity index (χ2n) is 6.42. The number of rotatable bonds is 5. The van der Waals surface area contributed by atoms with Crippen molar-refractivity contribution in [1.29, 1.82) is 0 Å². The van der Waals surface area contributed by atoms with Crippen molar-refractivity contribution >= 4 is 11.9 Å². The Bertz CT molecular complexity index is 530. The van der Waals surface area contributed by atoms with Gasteiger partial charge in [-0.15, -0.1) is 0 Å². The Balaban J connectivity index is 2.02. The highest BCUT2D eigenvalue weighted by atomic mass is 16.5. The second-order valence-corrected chi connectivity index (χ2v) is 6.42. The second kappa shape index (κ2) is 8.11. The van der Waals surface area contributed by atoms with E-state index in [1.165, 1.54) is 12.7 Å². The van der Waals surface area contributed by atoms with Gasteiger partial charge in [0.15, 0.2) is 0 Å². The molecule has 1 amide bonds. The van der Waals surface area contributed by atoms with Gasteiger partial charge < -0.3 is 15.0 Å². The molecule has 1 saturated heterocycles. The number of amides is 1. The minimum absolute atomic E-state index is 0.0684. The van der Waals surface area contributed by atoms with Crippen molar-refractivity contribution in [1.82, 2.24) is 10.2 Å². The molecule has 126 valence electrons. The lowest BCUT2D eigenvalue weighted by molar-refractivity contribution is -0.150. The minimum atomic E-state index is -0.260. The molecule has 5 heteroatoms. The number of likely N-dealkylation sites (tertiary alicyclic amines) is 1. The predicted octanol–water partition coefficient (Wildman–Crippen LogP) is 1.82. The molecule has 23 heavy (non-hydrogen) atoms. The molecule has 0 saturated carbocycles. The molecular weight excluding hydrogens is 292 g/mol. The van der Waals surface area contributed by atoms with Crippen LogP contribution in [0, 0.1) is 11.8 Å². The third-order valence-corrected chi connectivity index (χ3v) is 4.23. The Morgan fingerprint density at radius 2 is 1.96 bits per heavy atom. The van der Waals surface area contributed by atoms with E-state index in [4.69, 9.17) is 4.74 Å². The lowest BCUT2D eigenvalue weighted by Crippen LogP contribution is -2.53. The minimum Gasteiger partial charge on any atom is -0.469 e. The summed E-state index contributed by atoms with van der Waals surface area (Å²) in [6.45, 7) is 5.58. The number of benzene rings is 1. The predicted molar refractivity (Wildman–Crippen MR) is 88.6 cm³/mol. The van der Waals surface area contributed by atoms with Crippen LogP contribution in [0.25, 0.3) is 0 Å². The highest BCUT2D eigenvalue weighted by Crippen LogP contribution is 2.20. The lowest BCUT2D eigenvalue weighted by Gasteiger charge is -2.38. The summed E-state index contributed by atoms with van der Waals surface area (Å²) in [5, 5.41) is 3.47. The van der Waals surface area contributed by atoms with Gasteiger partial charge in [-0.1, -0.05) is 44.2 Å². The van der Waals surface area contributed by atoms with E-state index in [-0.39, 0.29) is 29.8 Å². The maximum absolute atomic E-state index is 12.3. The van der Waals surface area contributed by atoms with E-state index < -0.39 is 0 Å². The van der Waals surface area contributed by atoms with E-state index in [2.05, 4.69) is 17.4 Å². The van der Waals surface area contributed by atoms with Crippen LogP contribution in [0.2, 0.25) is 0 Å². The molecule has 1 aromatic rings. The number of methoxy groups -OCH3 is 1. The Labute approximate surface area is 138 Å². The largest absolute Gasteiger partial charge is 0.469 e. The number of hydrogen-bond donors (Lipinski definition) is 1. The summed E-state index contributed by atoms with van der Waals surface area (Å²) in [6, 6.07) is 10.2. The fraction of sp³-hybridized carbons (Fsp3) is 0.556. The van der Waals surface area contributed by atoms with Gasteiger partial charge in [0.05, 0.1) is 13.0 Å². The first kappa shape index (κ1) is 17.5. The van der Waals surface area contributed by atoms with Crippen LogP contribution in [0.15, 0.2) is 30.3 Å². The molecule has 2 atom stereocenters. The molecule has 0 aromatic heterocycles. The number of carbonyl (C=O) groups is 2. The first-order valence-corrected chi connectivity index (χ1v) is 8.15. The van der Waals surface area contributed by atoms with Crippen molar-refractivity contribution in [3.05, 3.63) is 35.9 Å². The first-order chi connectivity index (χ1) is 11.0. The normalized spacial score (nSPS) is 21.3. The quantitative estimate of drug-likeness (QED) is 0.842. The van der Waals surface area contributed by atoms with E-state index in [9.17, 15) is 9.59 Å². The molecule has 5 nitrogen and oxygen atoms in total. The molecule has 1 fully saturated rings. The van der Waals surface area contributed by atoms with Crippen LogP contribution in [0.5, 0.6) is 0 Å². The van der Waals surface area contributed by atoms with E-state index in [1.807, 2.05) is 32.0 Å². The van der Waals surface area contributed by atoms with Crippen molar-refractivity contribution in [3.63, 3.8) is 0 Å². The van der Waals surface area contributed by atoms with Crippen molar-refractivity contribution in [3.8, 4) is 0 Å². The van der Waals surface area contributed by atoms with Gasteiger partial charge in [0.2, 0.25) is 5.91 Å². The summed E-state index contributed by atoms with van der Waals surface area (Å²) in [5.41, 5.74) is 1.19. The maximum Gasteiger partial charge on any atom is 0.310 e. The van der Waals surface area contributed by atoms with Crippen LogP contribution < -0.4 is 5.32 Å². The molecule has 1 heterocycles. The molecule has 1 aliphatic rings. The first-order valence-electron chi connectivity index (χ1n) is 8.15. The average molecular weight is 318 g/mol. The van der Waals surface area contributed by atoms with Gasteiger partial charge >= 0.3 is 5.97 Å². The van der Waals surface area contributed by atoms with E-state index >= 15 is 0 Å². The number of ether oxygens (including phenoxy) is 1. The molecule has 1 aliphatic heterocycles. The van der Waals surface area contributed by atoms with Crippen molar-refractivity contribution in [2.45, 2.75) is 32.9 Å². The van der Waals surface area contributed by atoms with Crippen LogP contribution in [0.4, 0.5) is 0 Å². The highest BCUT2D eigenvalue weighted by Gasteiger charge is 2.34. The number of nitrogens with one attached hydrogen (secondary N) is 1. The van der Waals surface area contributed by atoms with Crippen LogP contribution >= 0.6 is 0 Å². The topological polar surface area (TPSA) is 58.6 Å². The Kier molecular flexibility index (Phi) is 6.16. The molecule has 0 spiro atoms. The van der Waals surface area contributed by atoms with Gasteiger partial charge in [-0.25, -0.2) is 0 Å². The Hall–Kier alpha value is -1.88. The molecule has 1 aromatic carbocycles. The smallest absolute Gasteiger partial charge is 0.310 e. The van der Waals surface area contributed by atoms with Crippen molar-refractivity contribution in [2.75, 3.05) is 20.2 Å². The number of nitrogens with zero attached hydrogens (tertiary/aromatic N) is 1. The van der Waals surface area contributed by atoms with Crippen LogP contribution in [-0.4, -0.2) is 43.0 Å². The molecule has 0 aliphatic carbocycles. The average Bonchev–Trinajstić information content (AvgIpc) is 2.59. The van der Waals surface area contributed by atoms with E-state index in [0.29, 0.717) is 19.5 Å². The fourth-order valence-corrected chi connectivity index (χ4v) is 2.99. The van der Waals surface area contributed by atoms with Crippen molar-refractivity contribution < 1.29 is 14.3 Å². The number of piperidine rings is 1. The zero-order valence-corrected chi connectivity index (χ0v) is 14.1. The molecule has 2 unspecified atom stereocenters. The fourth-order valence-electron chi connectivity index (χ4n) is 2.99. The molecular formula is C18H26N2O3. The number of carbonyl (C=O) groups excluding carboxylic acids is 2. The number of hydrogen-bond acceptors (Lipinski definition) is 4. The monoisotopic (exact) mass is 318 g/mol. The Morgan fingerprint density at radius 3 is 2.57 bits per heavy atom. The van der Waals surface area contributed by atoms with Crippen LogP contribution in [0.1, 0.15) is 25.8 Å². The van der Waals surface area contributed by atoms with Crippen LogP contribution in [0.3, 0.4) is 0 Å². The lowest BCUT2D eigenvalue weighted by atomic mass is 9.93. The van der Waals surface area contributed by atoms with Gasteiger partial charge in [0.1, 0.15) is 0 Å². The standard InChI is InChI=1S/C18H26N2O3/c1-13(2)17(21)20-11-15(18(22)23-3)9-16(12-20)19-10-14-7-5-4-6-8-14/h4-8,13,15-16,19H,9-12H2,1-3H3. The summed E-state index contributed by atoms with van der Waals surface area (Å²) >= 11 is 0. The van der Waals surface area contributed by atoms with Gasteiger partial charge in [-0.05, 0) is 12.0 Å². The number of esters is 1. The van der Waals surface area contributed by atoms with Gasteiger partial charge in [-0.2, -0.15) is 0 Å². The van der Waals surface area contributed by atoms with Gasteiger partial charge in [-0.3, -0.25) is 9.59 Å². The van der Waals surface area contributed by atoms with Crippen molar-refractivity contribution in [2.24, 2.45) is 11.8 Å². The Morgan fingerprint density at radius 1 is 1.26 bits per heavy atom. The summed E-state index contributed by atoms with van der Waals surface area (Å²) < 4.78 is 4.88. The zero-order valence-electron chi connectivity index (χ0n) is 14.1. The molecule has 0 radical (unpaired) electrons. The highest BCUT2D eigenvalue weighted by molar-refractivity contribution is 5.80.